The molecule has 154 valence electrons. The van der Waals surface area contributed by atoms with Gasteiger partial charge in [-0.15, -0.1) is 0 Å². The van der Waals surface area contributed by atoms with E-state index in [0.717, 1.165) is 34.6 Å². The lowest BCUT2D eigenvalue weighted by Crippen LogP contribution is -2.48. The van der Waals surface area contributed by atoms with Crippen LogP contribution in [-0.2, 0) is 10.2 Å². The molecule has 0 unspecified atom stereocenters. The van der Waals surface area contributed by atoms with Crippen molar-refractivity contribution in [2.24, 2.45) is 17.8 Å². The van der Waals surface area contributed by atoms with Crippen LogP contribution in [0.25, 0.3) is 0 Å². The van der Waals surface area contributed by atoms with E-state index in [1.165, 1.54) is 51.2 Å². The molecule has 0 atom stereocenters. The van der Waals surface area contributed by atoms with Gasteiger partial charge in [0.1, 0.15) is 5.75 Å². The molecule has 4 saturated carbocycles. The predicted octanol–water partition coefficient (Wildman–Crippen LogP) is 5.35. The largest absolute Gasteiger partial charge is 0.496 e. The first-order valence-electron chi connectivity index (χ1n) is 11.0. The Morgan fingerprint density at radius 2 is 1.43 bits per heavy atom. The average molecular weight is 401 g/mol. The summed E-state index contributed by atoms with van der Waals surface area (Å²) in [5, 5.41) is 0. The number of hydrogen-bond donors (Lipinski definition) is 0. The Labute approximate surface area is 178 Å². The highest BCUT2D eigenvalue weighted by Gasteiger charge is 2.52. The Balaban J connectivity index is 1.45. The molecule has 4 fully saturated rings. The molecule has 2 aromatic carbocycles. The van der Waals surface area contributed by atoms with Gasteiger partial charge in [0.05, 0.1) is 19.8 Å². The Morgan fingerprint density at radius 3 is 2.00 bits per heavy atom. The number of esters is 1. The summed E-state index contributed by atoms with van der Waals surface area (Å²) < 4.78 is 10.6. The van der Waals surface area contributed by atoms with Gasteiger partial charge in [0.2, 0.25) is 0 Å². The van der Waals surface area contributed by atoms with Crippen LogP contribution in [0.5, 0.6) is 5.75 Å². The van der Waals surface area contributed by atoms with Crippen LogP contribution in [0.3, 0.4) is 0 Å². The number of carbonyl (C=O) groups is 1. The molecule has 4 aliphatic carbocycles. The molecule has 0 heterocycles. The standard InChI is InChI=1S/C27H28O3/c1-29-25-10-7-19(4-3-18-5-8-23(9-6-18)26(28)30-2)14-24(25)27-15-20-11-21(16-27)13-22(12-20)17-27/h5-10,14,20-22H,11-13,15-17H2,1-2H3. The first kappa shape index (κ1) is 19.2. The Bertz CT molecular complexity index is 987. The fraction of sp³-hybridized carbons (Fsp3) is 0.444. The third-order valence-corrected chi connectivity index (χ3v) is 7.47. The van der Waals surface area contributed by atoms with E-state index in [0.29, 0.717) is 5.56 Å². The minimum atomic E-state index is -0.329. The van der Waals surface area contributed by atoms with E-state index >= 15 is 0 Å². The topological polar surface area (TPSA) is 35.5 Å². The lowest BCUT2D eigenvalue weighted by atomic mass is 9.48. The number of rotatable bonds is 3. The normalized spacial score (nSPS) is 28.5. The summed E-state index contributed by atoms with van der Waals surface area (Å²) in [4.78, 5) is 11.6. The molecule has 6 rings (SSSR count). The molecule has 0 radical (unpaired) electrons. The second kappa shape index (κ2) is 7.51. The molecule has 2 aromatic rings. The third-order valence-electron chi connectivity index (χ3n) is 7.47. The van der Waals surface area contributed by atoms with Crippen LogP contribution in [0.2, 0.25) is 0 Å². The van der Waals surface area contributed by atoms with Crippen LogP contribution in [0.15, 0.2) is 42.5 Å². The van der Waals surface area contributed by atoms with Crippen LogP contribution in [0, 0.1) is 29.6 Å². The maximum absolute atomic E-state index is 11.6. The summed E-state index contributed by atoms with van der Waals surface area (Å²) in [6.45, 7) is 0. The molecule has 0 aliphatic heterocycles. The molecular weight excluding hydrogens is 372 g/mol. The zero-order chi connectivity index (χ0) is 20.7. The molecular formula is C27H28O3. The quantitative estimate of drug-likeness (QED) is 0.515. The van der Waals surface area contributed by atoms with Crippen molar-refractivity contribution in [1.29, 1.82) is 0 Å². The van der Waals surface area contributed by atoms with Crippen molar-refractivity contribution in [2.75, 3.05) is 14.2 Å². The number of methoxy groups -OCH3 is 2. The van der Waals surface area contributed by atoms with Crippen molar-refractivity contribution in [3.63, 3.8) is 0 Å². The summed E-state index contributed by atoms with van der Waals surface area (Å²) in [6, 6.07) is 13.7. The first-order valence-corrected chi connectivity index (χ1v) is 11.0. The molecule has 4 bridgehead atoms. The van der Waals surface area contributed by atoms with Crippen molar-refractivity contribution in [2.45, 2.75) is 43.9 Å². The Morgan fingerprint density at radius 1 is 0.867 bits per heavy atom. The molecule has 0 aromatic heterocycles. The monoisotopic (exact) mass is 400 g/mol. The average Bonchev–Trinajstić information content (AvgIpc) is 2.76. The summed E-state index contributed by atoms with van der Waals surface area (Å²) >= 11 is 0. The van der Waals surface area contributed by atoms with Gasteiger partial charge in [-0.3, -0.25) is 0 Å². The van der Waals surface area contributed by atoms with E-state index in [4.69, 9.17) is 9.47 Å². The molecule has 30 heavy (non-hydrogen) atoms. The van der Waals surface area contributed by atoms with Crippen LogP contribution in [0.1, 0.15) is 65.6 Å². The van der Waals surface area contributed by atoms with Gasteiger partial charge in [0, 0.05) is 16.7 Å². The summed E-state index contributed by atoms with van der Waals surface area (Å²) in [5.74, 6) is 9.93. The summed E-state index contributed by atoms with van der Waals surface area (Å²) in [5.41, 5.74) is 4.10. The minimum absolute atomic E-state index is 0.278. The zero-order valence-corrected chi connectivity index (χ0v) is 17.7. The lowest BCUT2D eigenvalue weighted by Gasteiger charge is -2.57. The molecule has 0 amide bonds. The zero-order valence-electron chi connectivity index (χ0n) is 17.7. The summed E-state index contributed by atoms with van der Waals surface area (Å²) in [7, 11) is 3.18. The molecule has 4 aliphatic rings. The van der Waals surface area contributed by atoms with E-state index in [1.54, 1.807) is 19.2 Å². The summed E-state index contributed by atoms with van der Waals surface area (Å²) in [6.07, 6.45) is 8.22. The smallest absolute Gasteiger partial charge is 0.337 e. The van der Waals surface area contributed by atoms with E-state index in [-0.39, 0.29) is 11.4 Å². The third kappa shape index (κ3) is 3.39. The van der Waals surface area contributed by atoms with Gasteiger partial charge < -0.3 is 9.47 Å². The van der Waals surface area contributed by atoms with E-state index in [1.807, 2.05) is 12.1 Å². The minimum Gasteiger partial charge on any atom is -0.496 e. The van der Waals surface area contributed by atoms with Crippen LogP contribution >= 0.6 is 0 Å². The Kier molecular flexibility index (Phi) is 4.82. The van der Waals surface area contributed by atoms with E-state index in [2.05, 4.69) is 30.0 Å². The van der Waals surface area contributed by atoms with E-state index in [9.17, 15) is 4.79 Å². The second-order valence-electron chi connectivity index (χ2n) is 9.43. The van der Waals surface area contributed by atoms with Gasteiger partial charge in [-0.25, -0.2) is 4.79 Å². The number of carbonyl (C=O) groups excluding carboxylic acids is 1. The highest BCUT2D eigenvalue weighted by molar-refractivity contribution is 5.89. The SMILES string of the molecule is COC(=O)c1ccc(C#Cc2ccc(OC)c(C34CC5CC(CC(C5)C3)C4)c2)cc1. The van der Waals surface area contributed by atoms with Gasteiger partial charge in [-0.05, 0) is 104 Å². The molecule has 0 N–H and O–H groups in total. The van der Waals surface area contributed by atoms with Gasteiger partial charge in [-0.2, -0.15) is 0 Å². The fourth-order valence-corrected chi connectivity index (χ4v) is 6.59. The van der Waals surface area contributed by atoms with Gasteiger partial charge in [-0.1, -0.05) is 11.8 Å². The van der Waals surface area contributed by atoms with Crippen molar-refractivity contribution in [1.82, 2.24) is 0 Å². The van der Waals surface area contributed by atoms with Crippen molar-refractivity contribution in [3.8, 4) is 17.6 Å². The Hall–Kier alpha value is -2.73. The maximum Gasteiger partial charge on any atom is 0.337 e. The van der Waals surface area contributed by atoms with E-state index < -0.39 is 0 Å². The van der Waals surface area contributed by atoms with Crippen molar-refractivity contribution >= 4 is 5.97 Å². The van der Waals surface area contributed by atoms with Crippen LogP contribution < -0.4 is 4.74 Å². The van der Waals surface area contributed by atoms with Crippen LogP contribution in [-0.4, -0.2) is 20.2 Å². The second-order valence-corrected chi connectivity index (χ2v) is 9.43. The highest BCUT2D eigenvalue weighted by Crippen LogP contribution is 2.61. The van der Waals surface area contributed by atoms with Crippen LogP contribution in [0.4, 0.5) is 0 Å². The predicted molar refractivity (Wildman–Crippen MR) is 117 cm³/mol. The van der Waals surface area contributed by atoms with Gasteiger partial charge in [0.15, 0.2) is 0 Å². The molecule has 3 heteroatoms. The molecule has 0 saturated heterocycles. The fourth-order valence-electron chi connectivity index (χ4n) is 6.59. The highest BCUT2D eigenvalue weighted by atomic mass is 16.5. The number of benzene rings is 2. The van der Waals surface area contributed by atoms with Gasteiger partial charge >= 0.3 is 5.97 Å². The molecule has 0 spiro atoms. The van der Waals surface area contributed by atoms with Gasteiger partial charge in [0.25, 0.3) is 0 Å². The van der Waals surface area contributed by atoms with Crippen molar-refractivity contribution in [3.05, 3.63) is 64.7 Å². The first-order chi connectivity index (χ1) is 14.6. The number of ether oxygens (including phenoxy) is 2. The molecule has 3 nitrogen and oxygen atoms in total. The number of hydrogen-bond acceptors (Lipinski definition) is 3. The lowest BCUT2D eigenvalue weighted by molar-refractivity contribution is -0.00616. The maximum atomic E-state index is 11.6. The van der Waals surface area contributed by atoms with Crippen molar-refractivity contribution < 1.29 is 14.3 Å².